The lowest BCUT2D eigenvalue weighted by Gasteiger charge is -2.11. The zero-order valence-electron chi connectivity index (χ0n) is 9.94. The minimum absolute atomic E-state index is 0.0588. The van der Waals surface area contributed by atoms with Crippen LogP contribution >= 0.6 is 11.6 Å². The summed E-state index contributed by atoms with van der Waals surface area (Å²) < 4.78 is 25.8. The van der Waals surface area contributed by atoms with Crippen molar-refractivity contribution < 1.29 is 13.2 Å². The molecule has 1 aromatic rings. The van der Waals surface area contributed by atoms with Crippen LogP contribution in [-0.4, -0.2) is 26.0 Å². The van der Waals surface area contributed by atoms with E-state index in [0.717, 1.165) is 0 Å². The van der Waals surface area contributed by atoms with Crippen molar-refractivity contribution in [2.24, 2.45) is 5.73 Å². The molecule has 0 heterocycles. The van der Waals surface area contributed by atoms with E-state index in [1.165, 1.54) is 0 Å². The molecule has 0 bridgehead atoms. The Bertz CT molecular complexity index is 543. The van der Waals surface area contributed by atoms with Crippen LogP contribution in [0.5, 0.6) is 0 Å². The number of nitrogens with two attached hydrogens (primary N) is 1. The third-order valence-corrected chi connectivity index (χ3v) is 4.04. The van der Waals surface area contributed by atoms with E-state index in [4.69, 9.17) is 17.3 Å². The number of alkyl halides is 1. The van der Waals surface area contributed by atoms with Crippen LogP contribution in [0.1, 0.15) is 22.3 Å². The molecule has 7 heteroatoms. The number of carbonyl (C=O) groups is 1. The Morgan fingerprint density at radius 2 is 2.11 bits per heavy atom. The normalized spacial score (nSPS) is 11.2. The van der Waals surface area contributed by atoms with Crippen molar-refractivity contribution in [3.8, 4) is 0 Å². The van der Waals surface area contributed by atoms with Gasteiger partial charge in [0.25, 0.3) is 0 Å². The van der Waals surface area contributed by atoms with Gasteiger partial charge in [0.2, 0.25) is 15.9 Å². The van der Waals surface area contributed by atoms with Gasteiger partial charge in [-0.1, -0.05) is 6.07 Å². The lowest BCUT2D eigenvalue weighted by Crippen LogP contribution is -2.19. The molecule has 1 aromatic carbocycles. The number of hydrogen-bond donors (Lipinski definition) is 2. The van der Waals surface area contributed by atoms with Crippen molar-refractivity contribution in [1.82, 2.24) is 0 Å². The Morgan fingerprint density at radius 3 is 2.67 bits per heavy atom. The summed E-state index contributed by atoms with van der Waals surface area (Å²) in [7, 11) is -3.45. The molecule has 0 aromatic heterocycles. The fraction of sp³-hybridized carbons (Fsp3) is 0.364. The molecule has 3 N–H and O–H groups in total. The van der Waals surface area contributed by atoms with Gasteiger partial charge in [-0.25, -0.2) is 8.42 Å². The molecule has 0 atom stereocenters. The second-order valence-electron chi connectivity index (χ2n) is 3.81. The first-order chi connectivity index (χ1) is 8.37. The SMILES string of the molecule is Cc1c(NS(=O)(=O)CCCCl)cccc1C(N)=O. The number of anilines is 1. The van der Waals surface area contributed by atoms with Gasteiger partial charge in [0.1, 0.15) is 0 Å². The number of nitrogens with one attached hydrogen (secondary N) is 1. The average Bonchev–Trinajstić information content (AvgIpc) is 2.29. The minimum Gasteiger partial charge on any atom is -0.366 e. The van der Waals surface area contributed by atoms with E-state index < -0.39 is 15.9 Å². The maximum atomic E-state index is 11.7. The van der Waals surface area contributed by atoms with Crippen molar-refractivity contribution in [3.05, 3.63) is 29.3 Å². The van der Waals surface area contributed by atoms with E-state index in [1.54, 1.807) is 25.1 Å². The summed E-state index contributed by atoms with van der Waals surface area (Å²) >= 11 is 5.46. The Labute approximate surface area is 111 Å². The Kier molecular flexibility index (Phi) is 4.98. The van der Waals surface area contributed by atoms with Gasteiger partial charge >= 0.3 is 0 Å². The molecule has 18 heavy (non-hydrogen) atoms. The Morgan fingerprint density at radius 1 is 1.44 bits per heavy atom. The van der Waals surface area contributed by atoms with Crippen LogP contribution in [0.15, 0.2) is 18.2 Å². The number of rotatable bonds is 6. The van der Waals surface area contributed by atoms with Crippen LogP contribution in [0, 0.1) is 6.92 Å². The smallest absolute Gasteiger partial charge is 0.249 e. The Balaban J connectivity index is 2.98. The highest BCUT2D eigenvalue weighted by Gasteiger charge is 2.14. The second-order valence-corrected chi connectivity index (χ2v) is 6.03. The summed E-state index contributed by atoms with van der Waals surface area (Å²) in [5, 5.41) is 0. The van der Waals surface area contributed by atoms with E-state index in [2.05, 4.69) is 4.72 Å². The highest BCUT2D eigenvalue weighted by atomic mass is 35.5. The quantitative estimate of drug-likeness (QED) is 0.777. The van der Waals surface area contributed by atoms with Crippen LogP contribution in [0.3, 0.4) is 0 Å². The molecule has 0 saturated heterocycles. The predicted molar refractivity (Wildman–Crippen MR) is 72.4 cm³/mol. The monoisotopic (exact) mass is 290 g/mol. The van der Waals surface area contributed by atoms with Gasteiger partial charge in [0.15, 0.2) is 0 Å². The zero-order valence-corrected chi connectivity index (χ0v) is 11.5. The van der Waals surface area contributed by atoms with Crippen molar-refractivity contribution >= 4 is 33.2 Å². The highest BCUT2D eigenvalue weighted by Crippen LogP contribution is 2.20. The van der Waals surface area contributed by atoms with Gasteiger partial charge in [-0.05, 0) is 31.0 Å². The summed E-state index contributed by atoms with van der Waals surface area (Å²) in [6.45, 7) is 1.64. The molecule has 0 aliphatic rings. The maximum absolute atomic E-state index is 11.7. The first-order valence-corrected chi connectivity index (χ1v) is 7.52. The third-order valence-electron chi connectivity index (χ3n) is 2.41. The third kappa shape index (κ3) is 3.89. The molecule has 0 aliphatic carbocycles. The molecule has 5 nitrogen and oxygen atoms in total. The van der Waals surface area contributed by atoms with Crippen molar-refractivity contribution in [1.29, 1.82) is 0 Å². The summed E-state index contributed by atoms with van der Waals surface area (Å²) in [6, 6.07) is 4.71. The number of benzene rings is 1. The zero-order chi connectivity index (χ0) is 13.8. The number of halogens is 1. The Hall–Kier alpha value is -1.27. The second kappa shape index (κ2) is 6.06. The molecule has 100 valence electrons. The molecule has 1 rings (SSSR count). The van der Waals surface area contributed by atoms with E-state index in [9.17, 15) is 13.2 Å². The van der Waals surface area contributed by atoms with Gasteiger partial charge < -0.3 is 5.73 Å². The molecule has 1 amide bonds. The summed E-state index contributed by atoms with van der Waals surface area (Å²) in [4.78, 5) is 11.1. The van der Waals surface area contributed by atoms with Crippen molar-refractivity contribution in [2.75, 3.05) is 16.4 Å². The van der Waals surface area contributed by atoms with Crippen LogP contribution < -0.4 is 10.5 Å². The number of amides is 1. The molecule has 0 radical (unpaired) electrons. The topological polar surface area (TPSA) is 89.3 Å². The van der Waals surface area contributed by atoms with Crippen LogP contribution in [0.2, 0.25) is 0 Å². The molecule has 0 saturated carbocycles. The standard InChI is InChI=1S/C11H15ClN2O3S/c1-8-9(11(13)15)4-2-5-10(8)14-18(16,17)7-3-6-12/h2,4-5,14H,3,6-7H2,1H3,(H2,13,15). The highest BCUT2D eigenvalue weighted by molar-refractivity contribution is 7.92. The number of sulfonamides is 1. The summed E-state index contributed by atoms with van der Waals surface area (Å²) in [5.41, 5.74) is 6.37. The number of carbonyl (C=O) groups excluding carboxylic acids is 1. The predicted octanol–water partition coefficient (Wildman–Crippen LogP) is 1.46. The molecule has 0 spiro atoms. The van der Waals surface area contributed by atoms with Gasteiger partial charge in [0, 0.05) is 11.4 Å². The largest absolute Gasteiger partial charge is 0.366 e. The van der Waals surface area contributed by atoms with Crippen molar-refractivity contribution in [3.63, 3.8) is 0 Å². The molecule has 0 unspecified atom stereocenters. The van der Waals surface area contributed by atoms with E-state index >= 15 is 0 Å². The number of primary amides is 1. The lowest BCUT2D eigenvalue weighted by molar-refractivity contribution is 0.0999. The lowest BCUT2D eigenvalue weighted by atomic mass is 10.1. The average molecular weight is 291 g/mol. The fourth-order valence-electron chi connectivity index (χ4n) is 1.48. The van der Waals surface area contributed by atoms with E-state index in [-0.39, 0.29) is 11.6 Å². The first-order valence-electron chi connectivity index (χ1n) is 5.33. The number of hydrogen-bond acceptors (Lipinski definition) is 3. The molecular formula is C11H15ClN2O3S. The minimum atomic E-state index is -3.45. The van der Waals surface area contributed by atoms with Crippen LogP contribution in [0.25, 0.3) is 0 Å². The molecular weight excluding hydrogens is 276 g/mol. The fourth-order valence-corrected chi connectivity index (χ4v) is 2.95. The van der Waals surface area contributed by atoms with E-state index in [0.29, 0.717) is 23.2 Å². The van der Waals surface area contributed by atoms with Gasteiger partial charge in [-0.2, -0.15) is 0 Å². The first kappa shape index (κ1) is 14.8. The molecule has 0 aliphatic heterocycles. The molecule has 0 fully saturated rings. The summed E-state index contributed by atoms with van der Waals surface area (Å²) in [5.74, 6) is -0.368. The van der Waals surface area contributed by atoms with Crippen LogP contribution in [-0.2, 0) is 10.0 Å². The maximum Gasteiger partial charge on any atom is 0.249 e. The van der Waals surface area contributed by atoms with Gasteiger partial charge in [0.05, 0.1) is 11.4 Å². The van der Waals surface area contributed by atoms with Gasteiger partial charge in [-0.3, -0.25) is 9.52 Å². The summed E-state index contributed by atoms with van der Waals surface area (Å²) in [6.07, 6.45) is 0.367. The van der Waals surface area contributed by atoms with Crippen molar-refractivity contribution in [2.45, 2.75) is 13.3 Å². The van der Waals surface area contributed by atoms with Gasteiger partial charge in [-0.15, -0.1) is 11.6 Å². The van der Waals surface area contributed by atoms with Crippen LogP contribution in [0.4, 0.5) is 5.69 Å². The van der Waals surface area contributed by atoms with E-state index in [1.807, 2.05) is 0 Å².